The molecule has 1 N–H and O–H groups in total. The second-order valence-electron chi connectivity index (χ2n) is 8.20. The van der Waals surface area contributed by atoms with Gasteiger partial charge in [0, 0.05) is 41.7 Å². The van der Waals surface area contributed by atoms with E-state index in [1.165, 1.54) is 0 Å². The normalized spacial score (nSPS) is 20.4. The van der Waals surface area contributed by atoms with E-state index in [1.54, 1.807) is 43.4 Å². The fourth-order valence-electron chi connectivity index (χ4n) is 4.26. The first kappa shape index (κ1) is 21.5. The van der Waals surface area contributed by atoms with Crippen molar-refractivity contribution in [3.05, 3.63) is 58.6 Å². The lowest BCUT2D eigenvalue weighted by atomic mass is 9.87. The van der Waals surface area contributed by atoms with Gasteiger partial charge in [-0.25, -0.2) is 0 Å². The quantitative estimate of drug-likeness (QED) is 0.709. The Hall–Kier alpha value is -2.73. The molecule has 2 fully saturated rings. The first-order chi connectivity index (χ1) is 15.0. The molecule has 0 aromatic heterocycles. The molecule has 1 heterocycles. The molecule has 2 aromatic carbocycles. The number of nitrogens with zero attached hydrogens (tertiary/aromatic N) is 1. The van der Waals surface area contributed by atoms with Gasteiger partial charge in [0.05, 0.1) is 20.1 Å². The van der Waals surface area contributed by atoms with E-state index >= 15 is 0 Å². The van der Waals surface area contributed by atoms with E-state index in [1.807, 2.05) is 18.2 Å². The lowest BCUT2D eigenvalue weighted by molar-refractivity contribution is -0.125. The lowest BCUT2D eigenvalue weighted by Crippen LogP contribution is -2.36. The number of halogens is 1. The number of benzene rings is 2. The predicted octanol–water partition coefficient (Wildman–Crippen LogP) is 3.74. The van der Waals surface area contributed by atoms with Crippen LogP contribution in [0.1, 0.15) is 34.7 Å². The molecule has 6 nitrogen and oxygen atoms in total. The zero-order chi connectivity index (χ0) is 22.0. The molecule has 2 amide bonds. The minimum Gasteiger partial charge on any atom is -0.493 e. The number of hydrogen-bond donors (Lipinski definition) is 1. The summed E-state index contributed by atoms with van der Waals surface area (Å²) < 4.78 is 11.1. The number of likely N-dealkylation sites (tertiary alicyclic amines) is 1. The zero-order valence-electron chi connectivity index (χ0n) is 17.8. The van der Waals surface area contributed by atoms with Gasteiger partial charge in [0.15, 0.2) is 11.5 Å². The van der Waals surface area contributed by atoms with Gasteiger partial charge in [0.2, 0.25) is 5.91 Å². The minimum absolute atomic E-state index is 0.0248. The summed E-state index contributed by atoms with van der Waals surface area (Å²) in [4.78, 5) is 28.0. The van der Waals surface area contributed by atoms with Crippen molar-refractivity contribution in [3.63, 3.8) is 0 Å². The number of amides is 2. The molecule has 164 valence electrons. The van der Waals surface area contributed by atoms with Gasteiger partial charge in [0.1, 0.15) is 0 Å². The van der Waals surface area contributed by atoms with E-state index in [0.717, 1.165) is 18.4 Å². The van der Waals surface area contributed by atoms with Crippen molar-refractivity contribution >= 4 is 23.4 Å². The smallest absolute Gasteiger partial charge is 0.253 e. The summed E-state index contributed by atoms with van der Waals surface area (Å²) >= 11 is 6.08. The van der Waals surface area contributed by atoms with E-state index in [-0.39, 0.29) is 23.7 Å². The Bertz CT molecular complexity index is 976. The molecule has 1 saturated heterocycles. The van der Waals surface area contributed by atoms with Crippen LogP contribution >= 0.6 is 11.6 Å². The van der Waals surface area contributed by atoms with Crippen molar-refractivity contribution in [2.75, 3.05) is 33.9 Å². The number of methoxy groups -OCH3 is 2. The average Bonchev–Trinajstić information content (AvgIpc) is 3.52. The molecule has 2 atom stereocenters. The molecule has 31 heavy (non-hydrogen) atoms. The summed E-state index contributed by atoms with van der Waals surface area (Å²) in [6, 6.07) is 12.6. The Labute approximate surface area is 187 Å². The van der Waals surface area contributed by atoms with E-state index in [9.17, 15) is 9.59 Å². The van der Waals surface area contributed by atoms with Gasteiger partial charge in [-0.15, -0.1) is 0 Å². The highest BCUT2D eigenvalue weighted by atomic mass is 35.5. The minimum atomic E-state index is -0.372. The second-order valence-corrected chi connectivity index (χ2v) is 8.64. The van der Waals surface area contributed by atoms with Gasteiger partial charge in [-0.05, 0) is 43.0 Å². The SMILES string of the molecule is COc1cccc(C2CN(C(=O)c3cccc(Cl)c3)CC2C(=O)NCC2CC2)c1OC. The van der Waals surface area contributed by atoms with Crippen LogP contribution in [0.3, 0.4) is 0 Å². The van der Waals surface area contributed by atoms with Crippen LogP contribution < -0.4 is 14.8 Å². The summed E-state index contributed by atoms with van der Waals surface area (Å²) in [6.07, 6.45) is 2.33. The number of para-hydroxylation sites is 1. The number of carbonyl (C=O) groups excluding carboxylic acids is 2. The van der Waals surface area contributed by atoms with Crippen LogP contribution in [0.2, 0.25) is 5.02 Å². The van der Waals surface area contributed by atoms with Crippen LogP contribution in [-0.2, 0) is 4.79 Å². The Kier molecular flexibility index (Phi) is 6.37. The van der Waals surface area contributed by atoms with Crippen molar-refractivity contribution < 1.29 is 19.1 Å². The van der Waals surface area contributed by atoms with Crippen LogP contribution in [0.15, 0.2) is 42.5 Å². The predicted molar refractivity (Wildman–Crippen MR) is 119 cm³/mol. The third kappa shape index (κ3) is 4.64. The summed E-state index contributed by atoms with van der Waals surface area (Å²) in [5.41, 5.74) is 1.39. The highest BCUT2D eigenvalue weighted by molar-refractivity contribution is 6.30. The number of hydrogen-bond acceptors (Lipinski definition) is 4. The van der Waals surface area contributed by atoms with Gasteiger partial charge in [0.25, 0.3) is 5.91 Å². The number of nitrogens with one attached hydrogen (secondary N) is 1. The second kappa shape index (κ2) is 9.18. The number of ether oxygens (including phenoxy) is 2. The summed E-state index contributed by atoms with van der Waals surface area (Å²) in [5.74, 6) is 1.06. The molecule has 2 aromatic rings. The first-order valence-electron chi connectivity index (χ1n) is 10.5. The molecule has 2 aliphatic rings. The number of carbonyl (C=O) groups is 2. The summed E-state index contributed by atoms with van der Waals surface area (Å²) in [7, 11) is 3.18. The van der Waals surface area contributed by atoms with Gasteiger partial charge >= 0.3 is 0 Å². The molecule has 0 bridgehead atoms. The molecule has 0 radical (unpaired) electrons. The van der Waals surface area contributed by atoms with Crippen LogP contribution in [0.25, 0.3) is 0 Å². The Morgan fingerprint density at radius 1 is 1.10 bits per heavy atom. The Morgan fingerprint density at radius 3 is 2.55 bits per heavy atom. The molecule has 2 unspecified atom stereocenters. The van der Waals surface area contributed by atoms with Crippen LogP contribution in [0.4, 0.5) is 0 Å². The number of rotatable bonds is 7. The lowest BCUT2D eigenvalue weighted by Gasteiger charge is -2.21. The Morgan fingerprint density at radius 2 is 1.87 bits per heavy atom. The Balaban J connectivity index is 1.63. The van der Waals surface area contributed by atoms with E-state index in [4.69, 9.17) is 21.1 Å². The summed E-state index contributed by atoms with van der Waals surface area (Å²) in [5, 5.41) is 3.60. The molecule has 4 rings (SSSR count). The molecular weight excluding hydrogens is 416 g/mol. The highest BCUT2D eigenvalue weighted by Crippen LogP contribution is 2.42. The molecule has 1 saturated carbocycles. The molecular formula is C24H27ClN2O4. The standard InChI is InChI=1S/C24H27ClN2O4/c1-30-21-8-4-7-18(22(21)31-2)19-13-27(24(29)16-5-3-6-17(25)11-16)14-20(19)23(28)26-12-15-9-10-15/h3-8,11,15,19-20H,9-10,12-14H2,1-2H3,(H,26,28). The fourth-order valence-corrected chi connectivity index (χ4v) is 4.45. The maximum atomic E-state index is 13.2. The van der Waals surface area contributed by atoms with Crippen LogP contribution in [-0.4, -0.2) is 50.6 Å². The highest BCUT2D eigenvalue weighted by Gasteiger charge is 2.42. The van der Waals surface area contributed by atoms with Gasteiger partial charge in [-0.2, -0.15) is 0 Å². The molecule has 1 aliphatic carbocycles. The van der Waals surface area contributed by atoms with Gasteiger partial charge in [-0.1, -0.05) is 29.8 Å². The van der Waals surface area contributed by atoms with Crippen LogP contribution in [0, 0.1) is 11.8 Å². The zero-order valence-corrected chi connectivity index (χ0v) is 18.5. The van der Waals surface area contributed by atoms with Crippen molar-refractivity contribution in [2.45, 2.75) is 18.8 Å². The average molecular weight is 443 g/mol. The maximum absolute atomic E-state index is 13.2. The molecule has 1 aliphatic heterocycles. The first-order valence-corrected chi connectivity index (χ1v) is 10.9. The van der Waals surface area contributed by atoms with Gasteiger partial charge in [-0.3, -0.25) is 9.59 Å². The van der Waals surface area contributed by atoms with Crippen molar-refractivity contribution in [2.24, 2.45) is 11.8 Å². The van der Waals surface area contributed by atoms with Gasteiger partial charge < -0.3 is 19.7 Å². The fraction of sp³-hybridized carbons (Fsp3) is 0.417. The molecule has 0 spiro atoms. The van der Waals surface area contributed by atoms with E-state index in [0.29, 0.717) is 47.6 Å². The topological polar surface area (TPSA) is 67.9 Å². The van der Waals surface area contributed by atoms with Crippen LogP contribution in [0.5, 0.6) is 11.5 Å². The third-order valence-electron chi connectivity index (χ3n) is 6.11. The molecule has 7 heteroatoms. The van der Waals surface area contributed by atoms with E-state index in [2.05, 4.69) is 5.32 Å². The van der Waals surface area contributed by atoms with Crippen molar-refractivity contribution in [1.82, 2.24) is 10.2 Å². The monoisotopic (exact) mass is 442 g/mol. The summed E-state index contributed by atoms with van der Waals surface area (Å²) in [6.45, 7) is 1.45. The van der Waals surface area contributed by atoms with E-state index < -0.39 is 0 Å². The van der Waals surface area contributed by atoms with Crippen molar-refractivity contribution in [1.29, 1.82) is 0 Å². The maximum Gasteiger partial charge on any atom is 0.253 e. The largest absolute Gasteiger partial charge is 0.493 e. The van der Waals surface area contributed by atoms with Crippen molar-refractivity contribution in [3.8, 4) is 11.5 Å². The third-order valence-corrected chi connectivity index (χ3v) is 6.35.